The molecule has 10 heteroatoms. The van der Waals surface area contributed by atoms with Crippen LogP contribution in [0, 0.1) is 43.4 Å². The van der Waals surface area contributed by atoms with Crippen LogP contribution in [0.1, 0.15) is 69.2 Å². The van der Waals surface area contributed by atoms with E-state index in [1.807, 2.05) is 50.2 Å². The summed E-state index contributed by atoms with van der Waals surface area (Å²) in [5, 5.41) is 77.7. The predicted molar refractivity (Wildman–Crippen MR) is 234 cm³/mol. The van der Waals surface area contributed by atoms with Crippen LogP contribution in [0.15, 0.2) is 71.6 Å². The number of nitrogens with one attached hydrogen (secondary N) is 1. The molecule has 0 amide bonds. The lowest BCUT2D eigenvalue weighted by atomic mass is 9.67. The first kappa shape index (κ1) is 40.5. The van der Waals surface area contributed by atoms with Crippen molar-refractivity contribution in [3.63, 3.8) is 0 Å². The molecule has 7 N–H and O–H groups in total. The van der Waals surface area contributed by atoms with Crippen LogP contribution in [0.25, 0.3) is 43.8 Å². The van der Waals surface area contributed by atoms with Crippen LogP contribution in [0.3, 0.4) is 0 Å². The minimum absolute atomic E-state index is 0.0343. The average molecular weight is 803 g/mol. The summed E-state index contributed by atoms with van der Waals surface area (Å²) < 4.78 is 11.9. The Morgan fingerprint density at radius 1 is 0.627 bits per heavy atom. The molecule has 4 unspecified atom stereocenters. The molecule has 59 heavy (non-hydrogen) atoms. The molecule has 0 spiro atoms. The van der Waals surface area contributed by atoms with E-state index in [0.29, 0.717) is 68.2 Å². The molecular formula is C49H58N2O8. The third kappa shape index (κ3) is 6.46. The van der Waals surface area contributed by atoms with Crippen molar-refractivity contribution in [2.24, 2.45) is 29.6 Å². The fourth-order valence-electron chi connectivity index (χ4n) is 11.1. The fraction of sp³-hybridized carbons (Fsp3) is 0.429. The standard InChI is InChI=1S/C49H58N2O8/c1-22-12-28-30(44-34-16-25(4)50-11-10-24(3)42(34)36(52)20-38(44)54)18-32(48(56)46(28)40(14-22)58-8)33-19-31(29-13-23(2)15-41(59-9)47(29)49(33)57)45-35-17-26(5)51(7)27(6)43(35)37(53)21-39(45)55/h12-15,18-21,24-27,34-35,42-43,50,52-57H,10-11,16-17H2,1-9H3/t24-,25+,26+,27+,34?,35?,42?,43?/m0/s1. The number of aromatic hydroxyl groups is 2. The molecule has 8 rings (SSSR count). The zero-order valence-electron chi connectivity index (χ0n) is 35.5. The zero-order chi connectivity index (χ0) is 42.3. The van der Waals surface area contributed by atoms with E-state index in [0.717, 1.165) is 24.1 Å². The van der Waals surface area contributed by atoms with Crippen molar-refractivity contribution in [3.8, 4) is 34.1 Å². The zero-order valence-corrected chi connectivity index (χ0v) is 35.5. The highest BCUT2D eigenvalue weighted by atomic mass is 16.5. The molecule has 4 aromatic carbocycles. The van der Waals surface area contributed by atoms with Gasteiger partial charge in [-0.2, -0.15) is 0 Å². The number of fused-ring (bicyclic) bond motifs is 4. The molecule has 0 saturated carbocycles. The van der Waals surface area contributed by atoms with Crippen LogP contribution in [0.2, 0.25) is 0 Å². The number of aliphatic hydroxyl groups is 4. The Bertz CT molecular complexity index is 2520. The minimum atomic E-state index is -0.295. The molecule has 312 valence electrons. The van der Waals surface area contributed by atoms with Gasteiger partial charge in [-0.05, 0) is 137 Å². The van der Waals surface area contributed by atoms with Gasteiger partial charge in [-0.15, -0.1) is 0 Å². The van der Waals surface area contributed by atoms with Gasteiger partial charge in [0.1, 0.15) is 40.3 Å². The van der Waals surface area contributed by atoms with Crippen molar-refractivity contribution in [2.75, 3.05) is 27.8 Å². The molecule has 8 atom stereocenters. The van der Waals surface area contributed by atoms with Crippen LogP contribution in [-0.2, 0) is 0 Å². The molecule has 4 aromatic rings. The number of nitrogens with zero attached hydrogens (tertiary/aromatic N) is 1. The van der Waals surface area contributed by atoms with E-state index in [2.05, 4.69) is 45.0 Å². The van der Waals surface area contributed by atoms with Gasteiger partial charge in [0.2, 0.25) is 0 Å². The van der Waals surface area contributed by atoms with Gasteiger partial charge in [0.05, 0.1) is 30.8 Å². The molecule has 2 fully saturated rings. The maximum absolute atomic E-state index is 12.6. The third-order valence-electron chi connectivity index (χ3n) is 14.1. The number of benzene rings is 4. The number of aryl methyl sites for hydroxylation is 2. The average Bonchev–Trinajstić information content (AvgIpc) is 3.16. The Morgan fingerprint density at radius 2 is 1.10 bits per heavy atom. The minimum Gasteiger partial charge on any atom is -0.512 e. The van der Waals surface area contributed by atoms with Gasteiger partial charge in [0, 0.05) is 70.3 Å². The molecular weight excluding hydrogens is 745 g/mol. The first-order valence-electron chi connectivity index (χ1n) is 20.9. The summed E-state index contributed by atoms with van der Waals surface area (Å²) >= 11 is 0. The summed E-state index contributed by atoms with van der Waals surface area (Å²) in [6.45, 7) is 13.2. The van der Waals surface area contributed by atoms with Gasteiger partial charge in [-0.25, -0.2) is 0 Å². The van der Waals surface area contributed by atoms with E-state index in [1.54, 1.807) is 14.2 Å². The lowest BCUT2D eigenvalue weighted by molar-refractivity contribution is 0.0523. The van der Waals surface area contributed by atoms with E-state index < -0.39 is 0 Å². The molecule has 2 heterocycles. The summed E-state index contributed by atoms with van der Waals surface area (Å²) in [5.41, 5.74) is 4.93. The van der Waals surface area contributed by atoms with Crippen molar-refractivity contribution in [2.45, 2.75) is 78.9 Å². The van der Waals surface area contributed by atoms with Crippen LogP contribution in [0.5, 0.6) is 23.0 Å². The lowest BCUT2D eigenvalue weighted by Gasteiger charge is -2.48. The molecule has 2 saturated heterocycles. The number of hydrogen-bond donors (Lipinski definition) is 7. The molecule has 0 bridgehead atoms. The van der Waals surface area contributed by atoms with Gasteiger partial charge >= 0.3 is 0 Å². The van der Waals surface area contributed by atoms with Gasteiger partial charge in [0.25, 0.3) is 0 Å². The number of rotatable bonds is 5. The van der Waals surface area contributed by atoms with Crippen LogP contribution in [0.4, 0.5) is 0 Å². The molecule has 0 aromatic heterocycles. The van der Waals surface area contributed by atoms with Crippen molar-refractivity contribution >= 4 is 32.7 Å². The second-order valence-corrected chi connectivity index (χ2v) is 17.8. The van der Waals surface area contributed by atoms with Gasteiger partial charge < -0.3 is 50.3 Å². The second kappa shape index (κ2) is 15.1. The van der Waals surface area contributed by atoms with Gasteiger partial charge in [-0.3, -0.25) is 0 Å². The quantitative estimate of drug-likeness (QED) is 0.104. The van der Waals surface area contributed by atoms with E-state index in [1.165, 1.54) is 12.2 Å². The van der Waals surface area contributed by atoms with E-state index in [-0.39, 0.29) is 93.4 Å². The van der Waals surface area contributed by atoms with Crippen LogP contribution < -0.4 is 14.8 Å². The Kier molecular flexibility index (Phi) is 10.3. The van der Waals surface area contributed by atoms with Crippen molar-refractivity contribution in [1.82, 2.24) is 10.2 Å². The molecule has 10 nitrogen and oxygen atoms in total. The summed E-state index contributed by atoms with van der Waals surface area (Å²) in [6.07, 6.45) is 5.06. The largest absolute Gasteiger partial charge is 0.512 e. The number of likely N-dealkylation sites (tertiary alicyclic amines) is 1. The monoisotopic (exact) mass is 802 g/mol. The lowest BCUT2D eigenvalue weighted by Crippen LogP contribution is -2.51. The molecule has 0 radical (unpaired) electrons. The maximum Gasteiger partial charge on any atom is 0.135 e. The number of aliphatic hydroxyl groups excluding tert-OH is 4. The number of phenols is 2. The second-order valence-electron chi connectivity index (χ2n) is 17.8. The maximum atomic E-state index is 12.6. The SMILES string of the molecule is COc1cc(C)cc2c(C3=C(O)C=C(O)C4C3C[C@@H](C)N(C)[C@@H]4C)cc(-c3cc(C4=C(O)C=C(O)C5C4C[C@@H](C)NCC[C@@H]5C)c4cc(C)cc(OC)c4c3O)c(O)c12. The Hall–Kier alpha value is -5.32. The first-order valence-corrected chi connectivity index (χ1v) is 20.9. The van der Waals surface area contributed by atoms with Gasteiger partial charge in [-0.1, -0.05) is 19.1 Å². The van der Waals surface area contributed by atoms with E-state index >= 15 is 0 Å². The van der Waals surface area contributed by atoms with Crippen molar-refractivity contribution in [1.29, 1.82) is 0 Å². The van der Waals surface area contributed by atoms with Crippen LogP contribution in [-0.4, -0.2) is 81.5 Å². The van der Waals surface area contributed by atoms with Crippen molar-refractivity contribution in [3.05, 3.63) is 93.8 Å². The Balaban J connectivity index is 1.48. The number of methoxy groups -OCH3 is 2. The predicted octanol–water partition coefficient (Wildman–Crippen LogP) is 10.1. The fourth-order valence-corrected chi connectivity index (χ4v) is 11.1. The highest BCUT2D eigenvalue weighted by molar-refractivity contribution is 6.11. The number of hydrogen-bond acceptors (Lipinski definition) is 10. The molecule has 4 aliphatic rings. The number of allylic oxidation sites excluding steroid dienone is 5. The number of piperidine rings is 1. The normalized spacial score (nSPS) is 27.8. The Morgan fingerprint density at radius 3 is 1.59 bits per heavy atom. The highest BCUT2D eigenvalue weighted by Crippen LogP contribution is 2.56. The number of phenolic OH excluding ortho intramolecular Hbond substituents is 2. The van der Waals surface area contributed by atoms with Crippen molar-refractivity contribution < 1.29 is 40.1 Å². The topological polar surface area (TPSA) is 155 Å². The third-order valence-corrected chi connectivity index (χ3v) is 14.1. The smallest absolute Gasteiger partial charge is 0.135 e. The summed E-state index contributed by atoms with van der Waals surface area (Å²) in [6, 6.07) is 11.5. The highest BCUT2D eigenvalue weighted by Gasteiger charge is 2.46. The Labute approximate surface area is 346 Å². The van der Waals surface area contributed by atoms with E-state index in [9.17, 15) is 30.6 Å². The first-order chi connectivity index (χ1) is 28.1. The molecule has 2 aliphatic carbocycles. The van der Waals surface area contributed by atoms with Crippen LogP contribution >= 0.6 is 0 Å². The molecule has 2 aliphatic heterocycles. The summed E-state index contributed by atoms with van der Waals surface area (Å²) in [4.78, 5) is 2.25. The van der Waals surface area contributed by atoms with Gasteiger partial charge in [0.15, 0.2) is 0 Å². The number of ether oxygens (including phenoxy) is 2. The van der Waals surface area contributed by atoms with E-state index in [4.69, 9.17) is 9.47 Å². The summed E-state index contributed by atoms with van der Waals surface area (Å²) in [7, 11) is 5.16. The summed E-state index contributed by atoms with van der Waals surface area (Å²) in [5.74, 6) is -0.236.